The third-order valence-corrected chi connectivity index (χ3v) is 4.37. The molecule has 0 saturated heterocycles. The Morgan fingerprint density at radius 1 is 0.952 bits per heavy atom. The highest BCUT2D eigenvalue weighted by Gasteiger charge is 2.15. The average molecular weight is 323 g/mol. The number of rotatable bonds is 4. The lowest BCUT2D eigenvalue weighted by atomic mass is 10.1. The van der Waals surface area contributed by atoms with Gasteiger partial charge >= 0.3 is 0 Å². The maximum atomic E-state index is 6.41. The molecule has 2 aromatic rings. The summed E-state index contributed by atoms with van der Waals surface area (Å²) in [5, 5.41) is 1.46. The second-order valence-electron chi connectivity index (χ2n) is 5.34. The van der Waals surface area contributed by atoms with Gasteiger partial charge in [0, 0.05) is 18.1 Å². The number of halogens is 2. The van der Waals surface area contributed by atoms with E-state index in [9.17, 15) is 0 Å². The average Bonchev–Trinajstić information content (AvgIpc) is 2.46. The molecule has 0 aliphatic heterocycles. The Morgan fingerprint density at radius 2 is 1.52 bits per heavy atom. The van der Waals surface area contributed by atoms with Crippen LogP contribution in [0.2, 0.25) is 10.0 Å². The lowest BCUT2D eigenvalue weighted by Crippen LogP contribution is -2.22. The van der Waals surface area contributed by atoms with Gasteiger partial charge < -0.3 is 10.6 Å². The van der Waals surface area contributed by atoms with Crippen LogP contribution in [0.25, 0.3) is 0 Å². The minimum atomic E-state index is -0.0180. The molecule has 0 bridgehead atoms. The van der Waals surface area contributed by atoms with Crippen LogP contribution in [0, 0.1) is 0 Å². The number of hydrogen-bond donors (Lipinski definition) is 1. The molecule has 0 amide bonds. The van der Waals surface area contributed by atoms with Gasteiger partial charge in [0.1, 0.15) is 0 Å². The first-order valence-corrected chi connectivity index (χ1v) is 7.69. The van der Waals surface area contributed by atoms with Crippen LogP contribution in [0.4, 0.5) is 5.69 Å². The van der Waals surface area contributed by atoms with E-state index in [4.69, 9.17) is 28.9 Å². The van der Waals surface area contributed by atoms with Crippen LogP contribution in [0.3, 0.4) is 0 Å². The molecule has 0 aliphatic rings. The van der Waals surface area contributed by atoms with Gasteiger partial charge in [-0.25, -0.2) is 0 Å². The summed E-state index contributed by atoms with van der Waals surface area (Å²) in [5.41, 5.74) is 9.11. The highest BCUT2D eigenvalue weighted by Crippen LogP contribution is 2.33. The molecule has 2 nitrogen and oxygen atoms in total. The molecule has 0 fully saturated rings. The van der Waals surface area contributed by atoms with Crippen LogP contribution in [0.5, 0.6) is 0 Å². The first-order chi connectivity index (χ1) is 9.90. The summed E-state index contributed by atoms with van der Waals surface area (Å²) in [5.74, 6) is 0. The van der Waals surface area contributed by atoms with E-state index in [0.29, 0.717) is 5.02 Å². The van der Waals surface area contributed by atoms with Crippen molar-refractivity contribution < 1.29 is 0 Å². The van der Waals surface area contributed by atoms with Gasteiger partial charge in [0.25, 0.3) is 0 Å². The van der Waals surface area contributed by atoms with Crippen molar-refractivity contribution in [3.63, 3.8) is 0 Å². The van der Waals surface area contributed by atoms with Crippen LogP contribution in [0.15, 0.2) is 42.5 Å². The SMILES string of the molecule is CC(N)c1ccc(N(C)C(C)c2ccc(Cl)cc2)c(Cl)c1. The molecule has 0 heterocycles. The third-order valence-electron chi connectivity index (χ3n) is 3.81. The Bertz CT molecular complexity index is 609. The number of nitrogens with two attached hydrogens (primary N) is 1. The van der Waals surface area contributed by atoms with Crippen LogP contribution >= 0.6 is 23.2 Å². The number of benzene rings is 2. The van der Waals surface area contributed by atoms with Gasteiger partial charge in [-0.05, 0) is 49.2 Å². The summed E-state index contributed by atoms with van der Waals surface area (Å²) in [6.45, 7) is 4.09. The summed E-state index contributed by atoms with van der Waals surface area (Å²) in [6, 6.07) is 14.0. The van der Waals surface area contributed by atoms with E-state index in [2.05, 4.69) is 11.8 Å². The van der Waals surface area contributed by atoms with Gasteiger partial charge in [0.15, 0.2) is 0 Å². The first-order valence-electron chi connectivity index (χ1n) is 6.93. The smallest absolute Gasteiger partial charge is 0.0642 e. The largest absolute Gasteiger partial charge is 0.367 e. The van der Waals surface area contributed by atoms with E-state index in [0.717, 1.165) is 16.3 Å². The molecule has 0 saturated carbocycles. The molecule has 2 aromatic carbocycles. The van der Waals surface area contributed by atoms with Crippen LogP contribution in [-0.4, -0.2) is 7.05 Å². The van der Waals surface area contributed by atoms with Crippen molar-refractivity contribution in [2.45, 2.75) is 25.9 Å². The molecule has 0 aliphatic carbocycles. The van der Waals surface area contributed by atoms with Crippen molar-refractivity contribution in [1.29, 1.82) is 0 Å². The maximum Gasteiger partial charge on any atom is 0.0642 e. The summed E-state index contributed by atoms with van der Waals surface area (Å²) in [7, 11) is 2.03. The zero-order valence-corrected chi connectivity index (χ0v) is 14.0. The summed E-state index contributed by atoms with van der Waals surface area (Å²) in [4.78, 5) is 2.15. The molecule has 2 unspecified atom stereocenters. The predicted octanol–water partition coefficient (Wildman–Crippen LogP) is 5.21. The molecule has 4 heteroatoms. The third kappa shape index (κ3) is 3.70. The van der Waals surface area contributed by atoms with Crippen LogP contribution < -0.4 is 10.6 Å². The summed E-state index contributed by atoms with van der Waals surface area (Å²) in [6.07, 6.45) is 0. The van der Waals surface area contributed by atoms with Gasteiger partial charge in [-0.2, -0.15) is 0 Å². The van der Waals surface area contributed by atoms with Crippen LogP contribution in [-0.2, 0) is 0 Å². The second-order valence-corrected chi connectivity index (χ2v) is 6.18. The van der Waals surface area contributed by atoms with Crippen LogP contribution in [0.1, 0.15) is 37.1 Å². The van der Waals surface area contributed by atoms with Crippen molar-refractivity contribution in [3.05, 3.63) is 63.6 Å². The van der Waals surface area contributed by atoms with Gasteiger partial charge in [-0.3, -0.25) is 0 Å². The normalized spacial score (nSPS) is 13.8. The van der Waals surface area contributed by atoms with Gasteiger partial charge in [-0.15, -0.1) is 0 Å². The minimum absolute atomic E-state index is 0.0180. The molecule has 0 spiro atoms. The fourth-order valence-electron chi connectivity index (χ4n) is 2.27. The van der Waals surface area contributed by atoms with E-state index in [1.807, 2.05) is 56.4 Å². The Hall–Kier alpha value is -1.22. The van der Waals surface area contributed by atoms with Gasteiger partial charge in [0.05, 0.1) is 16.8 Å². The number of nitrogens with zero attached hydrogens (tertiary/aromatic N) is 1. The monoisotopic (exact) mass is 322 g/mol. The van der Waals surface area contributed by atoms with E-state index >= 15 is 0 Å². The lowest BCUT2D eigenvalue weighted by Gasteiger charge is -2.28. The molecular weight excluding hydrogens is 303 g/mol. The molecule has 2 atom stereocenters. The molecule has 0 aromatic heterocycles. The summed E-state index contributed by atoms with van der Waals surface area (Å²) < 4.78 is 0. The van der Waals surface area contributed by atoms with Gasteiger partial charge in [-0.1, -0.05) is 41.4 Å². The highest BCUT2D eigenvalue weighted by atomic mass is 35.5. The van der Waals surface area contributed by atoms with Gasteiger partial charge in [0.2, 0.25) is 0 Å². The lowest BCUT2D eigenvalue weighted by molar-refractivity contribution is 0.739. The minimum Gasteiger partial charge on any atom is -0.367 e. The van der Waals surface area contributed by atoms with Crippen molar-refractivity contribution in [3.8, 4) is 0 Å². The number of hydrogen-bond acceptors (Lipinski definition) is 2. The van der Waals surface area contributed by atoms with Crippen molar-refractivity contribution in [2.24, 2.45) is 5.73 Å². The predicted molar refractivity (Wildman–Crippen MR) is 92.3 cm³/mol. The van der Waals surface area contributed by atoms with E-state index < -0.39 is 0 Å². The molecule has 112 valence electrons. The van der Waals surface area contributed by atoms with E-state index in [1.165, 1.54) is 5.56 Å². The first kappa shape index (κ1) is 16.2. The zero-order valence-electron chi connectivity index (χ0n) is 12.5. The van der Waals surface area contributed by atoms with Crippen molar-refractivity contribution in [2.75, 3.05) is 11.9 Å². The molecular formula is C17H20Cl2N2. The fourth-order valence-corrected chi connectivity index (χ4v) is 2.71. The standard InChI is InChI=1S/C17H20Cl2N2/c1-11(20)14-6-9-17(16(19)10-14)21(3)12(2)13-4-7-15(18)8-5-13/h4-12H,20H2,1-3H3. The van der Waals surface area contributed by atoms with Crippen molar-refractivity contribution >= 4 is 28.9 Å². The van der Waals surface area contributed by atoms with E-state index in [1.54, 1.807) is 0 Å². The summed E-state index contributed by atoms with van der Waals surface area (Å²) >= 11 is 12.3. The fraction of sp³-hybridized carbons (Fsp3) is 0.294. The second kappa shape index (κ2) is 6.69. The molecule has 2 N–H and O–H groups in total. The zero-order chi connectivity index (χ0) is 15.6. The Morgan fingerprint density at radius 3 is 2.05 bits per heavy atom. The Labute approximate surface area is 136 Å². The Kier molecular flexibility index (Phi) is 5.15. The Balaban J connectivity index is 2.26. The quantitative estimate of drug-likeness (QED) is 0.837. The van der Waals surface area contributed by atoms with E-state index in [-0.39, 0.29) is 12.1 Å². The molecule has 0 radical (unpaired) electrons. The molecule has 21 heavy (non-hydrogen) atoms. The maximum absolute atomic E-state index is 6.41. The highest BCUT2D eigenvalue weighted by molar-refractivity contribution is 6.33. The number of anilines is 1. The molecule has 2 rings (SSSR count). The van der Waals surface area contributed by atoms with Crippen molar-refractivity contribution in [1.82, 2.24) is 0 Å². The topological polar surface area (TPSA) is 29.3 Å².